The summed E-state index contributed by atoms with van der Waals surface area (Å²) in [4.78, 5) is 11.6. The molecule has 1 aromatic heterocycles. The van der Waals surface area contributed by atoms with Crippen LogP contribution in [0.3, 0.4) is 0 Å². The van der Waals surface area contributed by atoms with E-state index in [0.29, 0.717) is 11.8 Å². The minimum Gasteiger partial charge on any atom is -0.300 e. The highest BCUT2D eigenvalue weighted by Gasteiger charge is 2.36. The molecular formula is C13H21N5OS. The lowest BCUT2D eigenvalue weighted by Gasteiger charge is -2.35. The van der Waals surface area contributed by atoms with E-state index in [1.54, 1.807) is 16.3 Å². The fraction of sp³-hybridized carbons (Fsp3) is 0.769. The summed E-state index contributed by atoms with van der Waals surface area (Å²) in [5.74, 6) is 0. The molecule has 2 rings (SSSR count). The summed E-state index contributed by atoms with van der Waals surface area (Å²) in [6.45, 7) is 5.37. The summed E-state index contributed by atoms with van der Waals surface area (Å²) in [6.07, 6.45) is 3.78. The van der Waals surface area contributed by atoms with Gasteiger partial charge in [0.05, 0.1) is 6.07 Å². The van der Waals surface area contributed by atoms with E-state index in [9.17, 15) is 10.1 Å². The molecule has 0 aliphatic heterocycles. The molecule has 1 aliphatic rings. The Labute approximate surface area is 122 Å². The van der Waals surface area contributed by atoms with Crippen molar-refractivity contribution in [1.82, 2.24) is 20.1 Å². The lowest BCUT2D eigenvalue weighted by Crippen LogP contribution is -2.48. The van der Waals surface area contributed by atoms with Crippen LogP contribution in [0.25, 0.3) is 0 Å². The van der Waals surface area contributed by atoms with Crippen LogP contribution in [0.5, 0.6) is 0 Å². The average molecular weight is 295 g/mol. The number of hydrogen-bond donors (Lipinski definition) is 2. The third-order valence-electron chi connectivity index (χ3n) is 3.75. The van der Waals surface area contributed by atoms with Crippen LogP contribution in [0, 0.1) is 11.3 Å². The molecule has 6 nitrogen and oxygen atoms in total. The van der Waals surface area contributed by atoms with Crippen LogP contribution >= 0.6 is 11.8 Å². The molecular weight excluding hydrogens is 274 g/mol. The molecule has 2 unspecified atom stereocenters. The zero-order valence-corrected chi connectivity index (χ0v) is 12.8. The fourth-order valence-corrected chi connectivity index (χ4v) is 4.17. The van der Waals surface area contributed by atoms with Crippen molar-refractivity contribution in [3.63, 3.8) is 0 Å². The molecule has 1 heterocycles. The third-order valence-corrected chi connectivity index (χ3v) is 5.00. The Hall–Kier alpha value is -1.26. The number of hydrogen-bond acceptors (Lipinski definition) is 5. The average Bonchev–Trinajstić information content (AvgIpc) is 2.79. The van der Waals surface area contributed by atoms with Crippen LogP contribution in [0.4, 0.5) is 0 Å². The quantitative estimate of drug-likeness (QED) is 0.859. The molecule has 20 heavy (non-hydrogen) atoms. The van der Waals surface area contributed by atoms with Gasteiger partial charge in [-0.15, -0.1) is 5.10 Å². The zero-order chi connectivity index (χ0) is 14.6. The van der Waals surface area contributed by atoms with Gasteiger partial charge in [-0.1, -0.05) is 18.7 Å². The monoisotopic (exact) mass is 295 g/mol. The largest absolute Gasteiger partial charge is 0.343 e. The van der Waals surface area contributed by atoms with Crippen molar-refractivity contribution >= 4 is 11.8 Å². The summed E-state index contributed by atoms with van der Waals surface area (Å²) in [6, 6.07) is 2.45. The van der Waals surface area contributed by atoms with Crippen LogP contribution in [0.1, 0.15) is 39.5 Å². The van der Waals surface area contributed by atoms with E-state index in [-0.39, 0.29) is 5.69 Å². The summed E-state index contributed by atoms with van der Waals surface area (Å²) >= 11 is 1.61. The van der Waals surface area contributed by atoms with Gasteiger partial charge < -0.3 is 0 Å². The first-order valence-electron chi connectivity index (χ1n) is 7.12. The Balaban J connectivity index is 2.10. The van der Waals surface area contributed by atoms with Crippen LogP contribution in [-0.2, 0) is 6.54 Å². The second-order valence-electron chi connectivity index (χ2n) is 5.12. The number of aromatic amines is 1. The highest BCUT2D eigenvalue weighted by atomic mass is 32.2. The number of aromatic nitrogens is 3. The van der Waals surface area contributed by atoms with Gasteiger partial charge in [0.2, 0.25) is 0 Å². The highest BCUT2D eigenvalue weighted by Crippen LogP contribution is 2.37. The second-order valence-corrected chi connectivity index (χ2v) is 6.38. The van der Waals surface area contributed by atoms with Crippen molar-refractivity contribution in [2.45, 2.75) is 62.0 Å². The van der Waals surface area contributed by atoms with Crippen molar-refractivity contribution in [2.75, 3.05) is 6.54 Å². The lowest BCUT2D eigenvalue weighted by atomic mass is 9.82. The molecule has 1 fully saturated rings. The lowest BCUT2D eigenvalue weighted by molar-refractivity contribution is 0.309. The Morgan fingerprint density at radius 2 is 2.45 bits per heavy atom. The van der Waals surface area contributed by atoms with Gasteiger partial charge in [-0.05, 0) is 39.2 Å². The standard InChI is InChI=1S/C13H21N5OS/c1-3-15-13(9-14)7-5-6-10(8-13)20-12-17-16-11(19)18(12)4-2/h10,15H,3-8H2,1-2H3,(H,16,19). The van der Waals surface area contributed by atoms with Gasteiger partial charge in [0, 0.05) is 11.8 Å². The van der Waals surface area contributed by atoms with Crippen LogP contribution in [-0.4, -0.2) is 32.1 Å². The van der Waals surface area contributed by atoms with Crippen molar-refractivity contribution in [1.29, 1.82) is 5.26 Å². The maximum atomic E-state index is 11.6. The summed E-state index contributed by atoms with van der Waals surface area (Å²) in [5, 5.41) is 20.4. The third kappa shape index (κ3) is 3.07. The van der Waals surface area contributed by atoms with Gasteiger partial charge in [0.15, 0.2) is 5.16 Å². The summed E-state index contributed by atoms with van der Waals surface area (Å²) in [5.41, 5.74) is -0.581. The second kappa shape index (κ2) is 6.46. The number of nitriles is 1. The maximum absolute atomic E-state index is 11.6. The molecule has 1 saturated carbocycles. The van der Waals surface area contributed by atoms with Crippen LogP contribution in [0.15, 0.2) is 9.95 Å². The van der Waals surface area contributed by atoms with Crippen LogP contribution in [0.2, 0.25) is 0 Å². The molecule has 0 amide bonds. The van der Waals surface area contributed by atoms with Gasteiger partial charge in [0.1, 0.15) is 5.54 Å². The molecule has 0 bridgehead atoms. The van der Waals surface area contributed by atoms with E-state index < -0.39 is 5.54 Å². The molecule has 0 spiro atoms. The smallest absolute Gasteiger partial charge is 0.300 e. The molecule has 0 saturated heterocycles. The van der Waals surface area contributed by atoms with E-state index in [1.807, 2.05) is 13.8 Å². The van der Waals surface area contributed by atoms with Gasteiger partial charge in [0.25, 0.3) is 0 Å². The van der Waals surface area contributed by atoms with Crippen molar-refractivity contribution < 1.29 is 0 Å². The molecule has 2 atom stereocenters. The topological polar surface area (TPSA) is 86.5 Å². The van der Waals surface area contributed by atoms with Crippen molar-refractivity contribution in [2.24, 2.45) is 0 Å². The predicted octanol–water partition coefficient (Wildman–Crippen LogP) is 1.50. The number of nitrogens with one attached hydrogen (secondary N) is 2. The fourth-order valence-electron chi connectivity index (χ4n) is 2.79. The van der Waals surface area contributed by atoms with E-state index in [0.717, 1.165) is 37.4 Å². The van der Waals surface area contributed by atoms with Crippen molar-refractivity contribution in [3.05, 3.63) is 10.5 Å². The molecule has 110 valence electrons. The molecule has 0 radical (unpaired) electrons. The predicted molar refractivity (Wildman–Crippen MR) is 78.7 cm³/mol. The molecule has 7 heteroatoms. The Morgan fingerprint density at radius 1 is 1.65 bits per heavy atom. The molecule has 1 aromatic rings. The Bertz CT molecular complexity index is 542. The van der Waals surface area contributed by atoms with Gasteiger partial charge >= 0.3 is 5.69 Å². The van der Waals surface area contributed by atoms with Gasteiger partial charge in [-0.2, -0.15) is 5.26 Å². The van der Waals surface area contributed by atoms with Crippen molar-refractivity contribution in [3.8, 4) is 6.07 Å². The number of thioether (sulfide) groups is 1. The molecule has 1 aliphatic carbocycles. The molecule has 2 N–H and O–H groups in total. The van der Waals surface area contributed by atoms with E-state index in [4.69, 9.17) is 0 Å². The highest BCUT2D eigenvalue weighted by molar-refractivity contribution is 7.99. The Kier molecular flexibility index (Phi) is 4.89. The number of H-pyrrole nitrogens is 1. The van der Waals surface area contributed by atoms with Crippen LogP contribution < -0.4 is 11.0 Å². The van der Waals surface area contributed by atoms with E-state index in [1.165, 1.54) is 0 Å². The normalized spacial score (nSPS) is 26.4. The first-order valence-corrected chi connectivity index (χ1v) is 8.00. The minimum absolute atomic E-state index is 0.163. The van der Waals surface area contributed by atoms with Gasteiger partial charge in [-0.25, -0.2) is 9.89 Å². The Morgan fingerprint density at radius 3 is 3.10 bits per heavy atom. The van der Waals surface area contributed by atoms with E-state index >= 15 is 0 Å². The molecule has 0 aromatic carbocycles. The SMILES string of the molecule is CCNC1(C#N)CCCC(Sc2n[nH]c(=O)n2CC)C1. The first-order chi connectivity index (χ1) is 9.64. The maximum Gasteiger partial charge on any atom is 0.343 e. The minimum atomic E-state index is -0.418. The number of rotatable bonds is 5. The first kappa shape index (κ1) is 15.1. The van der Waals surface area contributed by atoms with Gasteiger partial charge in [-0.3, -0.25) is 9.88 Å². The summed E-state index contributed by atoms with van der Waals surface area (Å²) in [7, 11) is 0. The number of nitrogens with zero attached hydrogens (tertiary/aromatic N) is 3. The van der Waals surface area contributed by atoms with E-state index in [2.05, 4.69) is 21.6 Å². The summed E-state index contributed by atoms with van der Waals surface area (Å²) < 4.78 is 1.64. The zero-order valence-electron chi connectivity index (χ0n) is 12.0.